The molecule has 0 spiro atoms. The number of esters is 1. The van der Waals surface area contributed by atoms with Gasteiger partial charge in [-0.15, -0.1) is 0 Å². The molecule has 1 heterocycles. The first kappa shape index (κ1) is 12.6. The summed E-state index contributed by atoms with van der Waals surface area (Å²) in [6.07, 6.45) is 1.35. The number of rotatable bonds is 4. The van der Waals surface area contributed by atoms with Crippen molar-refractivity contribution in [1.82, 2.24) is 15.2 Å². The SMILES string of the molecule is CCOC(=O)C(c1cccc(Cl)c1)c1ncn[nH]1. The van der Waals surface area contributed by atoms with Crippen molar-refractivity contribution in [2.45, 2.75) is 12.8 Å². The minimum absolute atomic E-state index is 0.310. The van der Waals surface area contributed by atoms with Crippen molar-refractivity contribution in [3.05, 3.63) is 47.0 Å². The molecular formula is C12H12ClN3O2. The zero-order valence-electron chi connectivity index (χ0n) is 9.76. The van der Waals surface area contributed by atoms with Crippen LogP contribution in [0.3, 0.4) is 0 Å². The lowest BCUT2D eigenvalue weighted by atomic mass is 9.98. The minimum atomic E-state index is -0.633. The molecule has 1 atom stereocenters. The van der Waals surface area contributed by atoms with Crippen molar-refractivity contribution in [3.63, 3.8) is 0 Å². The Kier molecular flexibility index (Phi) is 3.94. The smallest absolute Gasteiger partial charge is 0.321 e. The summed E-state index contributed by atoms with van der Waals surface area (Å²) in [4.78, 5) is 16.0. The van der Waals surface area contributed by atoms with Crippen molar-refractivity contribution in [2.24, 2.45) is 0 Å². The molecule has 1 unspecified atom stereocenters. The number of hydrogen-bond acceptors (Lipinski definition) is 4. The first-order valence-corrected chi connectivity index (χ1v) is 5.87. The average Bonchev–Trinajstić information content (AvgIpc) is 2.83. The standard InChI is InChI=1S/C12H12ClN3O2/c1-2-18-12(17)10(11-14-7-15-16-11)8-4-3-5-9(13)6-8/h3-7,10H,2H2,1H3,(H,14,15,16). The fourth-order valence-corrected chi connectivity index (χ4v) is 1.87. The summed E-state index contributed by atoms with van der Waals surface area (Å²) < 4.78 is 5.05. The predicted octanol–water partition coefficient (Wildman–Crippen LogP) is 2.15. The molecule has 5 nitrogen and oxygen atoms in total. The monoisotopic (exact) mass is 265 g/mol. The van der Waals surface area contributed by atoms with Crippen molar-refractivity contribution in [1.29, 1.82) is 0 Å². The van der Waals surface area contributed by atoms with Crippen LogP contribution in [0.15, 0.2) is 30.6 Å². The van der Waals surface area contributed by atoms with Crippen LogP contribution in [0.25, 0.3) is 0 Å². The molecule has 0 fully saturated rings. The third kappa shape index (κ3) is 2.68. The van der Waals surface area contributed by atoms with Crippen LogP contribution in [-0.2, 0) is 9.53 Å². The highest BCUT2D eigenvalue weighted by Gasteiger charge is 2.26. The summed E-state index contributed by atoms with van der Waals surface area (Å²) in [5.41, 5.74) is 0.720. The molecule has 0 aliphatic carbocycles. The van der Waals surface area contributed by atoms with Crippen LogP contribution < -0.4 is 0 Å². The maximum Gasteiger partial charge on any atom is 0.321 e. The maximum atomic E-state index is 12.0. The molecule has 1 aromatic carbocycles. The Balaban J connectivity index is 2.39. The third-order valence-electron chi connectivity index (χ3n) is 2.41. The number of aromatic nitrogens is 3. The molecule has 0 saturated heterocycles. The average molecular weight is 266 g/mol. The number of halogens is 1. The molecule has 2 aromatic rings. The van der Waals surface area contributed by atoms with Gasteiger partial charge < -0.3 is 4.74 Å². The molecule has 0 amide bonds. The lowest BCUT2D eigenvalue weighted by Gasteiger charge is -2.13. The van der Waals surface area contributed by atoms with Gasteiger partial charge in [-0.2, -0.15) is 5.10 Å². The number of nitrogens with zero attached hydrogens (tertiary/aromatic N) is 2. The largest absolute Gasteiger partial charge is 0.465 e. The minimum Gasteiger partial charge on any atom is -0.465 e. The van der Waals surface area contributed by atoms with Gasteiger partial charge in [-0.3, -0.25) is 9.89 Å². The van der Waals surface area contributed by atoms with Gasteiger partial charge in [0.15, 0.2) is 0 Å². The van der Waals surface area contributed by atoms with E-state index in [9.17, 15) is 4.79 Å². The van der Waals surface area contributed by atoms with E-state index in [0.29, 0.717) is 17.5 Å². The van der Waals surface area contributed by atoms with Gasteiger partial charge in [0.2, 0.25) is 0 Å². The molecular weight excluding hydrogens is 254 g/mol. The number of hydrogen-bond donors (Lipinski definition) is 1. The van der Waals surface area contributed by atoms with E-state index in [4.69, 9.17) is 16.3 Å². The molecule has 0 aliphatic rings. The number of ether oxygens (including phenoxy) is 1. The topological polar surface area (TPSA) is 67.9 Å². The fourth-order valence-electron chi connectivity index (χ4n) is 1.67. The Morgan fingerprint density at radius 1 is 1.56 bits per heavy atom. The molecule has 94 valence electrons. The van der Waals surface area contributed by atoms with Crippen molar-refractivity contribution < 1.29 is 9.53 Å². The van der Waals surface area contributed by atoms with Crippen molar-refractivity contribution >= 4 is 17.6 Å². The lowest BCUT2D eigenvalue weighted by Crippen LogP contribution is -2.18. The molecule has 1 aromatic heterocycles. The van der Waals surface area contributed by atoms with Gasteiger partial charge in [-0.05, 0) is 24.6 Å². The zero-order valence-corrected chi connectivity index (χ0v) is 10.5. The van der Waals surface area contributed by atoms with Crippen molar-refractivity contribution in [2.75, 3.05) is 6.61 Å². The van der Waals surface area contributed by atoms with Crippen LogP contribution in [0.4, 0.5) is 0 Å². The Morgan fingerprint density at radius 2 is 2.39 bits per heavy atom. The summed E-state index contributed by atoms with van der Waals surface area (Å²) in [7, 11) is 0. The number of carbonyl (C=O) groups excluding carboxylic acids is 1. The van der Waals surface area contributed by atoms with Crippen LogP contribution in [0.2, 0.25) is 5.02 Å². The molecule has 0 radical (unpaired) electrons. The number of carbonyl (C=O) groups is 1. The zero-order chi connectivity index (χ0) is 13.0. The van der Waals surface area contributed by atoms with Gasteiger partial charge in [-0.25, -0.2) is 4.98 Å². The summed E-state index contributed by atoms with van der Waals surface area (Å²) in [5, 5.41) is 7.00. The second-order valence-corrected chi connectivity index (χ2v) is 4.05. The van der Waals surface area contributed by atoms with E-state index in [0.717, 1.165) is 5.56 Å². The quantitative estimate of drug-likeness (QED) is 0.860. The van der Waals surface area contributed by atoms with E-state index in [2.05, 4.69) is 15.2 Å². The molecule has 18 heavy (non-hydrogen) atoms. The molecule has 0 saturated carbocycles. The van der Waals surface area contributed by atoms with Crippen LogP contribution in [0.1, 0.15) is 24.2 Å². The summed E-state index contributed by atoms with van der Waals surface area (Å²) in [6, 6.07) is 7.04. The van der Waals surface area contributed by atoms with E-state index < -0.39 is 5.92 Å². The second kappa shape index (κ2) is 5.64. The number of H-pyrrole nitrogens is 1. The Hall–Kier alpha value is -1.88. The highest BCUT2D eigenvalue weighted by atomic mass is 35.5. The lowest BCUT2D eigenvalue weighted by molar-refractivity contribution is -0.144. The van der Waals surface area contributed by atoms with E-state index >= 15 is 0 Å². The van der Waals surface area contributed by atoms with Gasteiger partial charge >= 0.3 is 5.97 Å². The Morgan fingerprint density at radius 3 is 3.00 bits per heavy atom. The number of nitrogens with one attached hydrogen (secondary N) is 1. The van der Waals surface area contributed by atoms with Crippen LogP contribution in [0, 0.1) is 0 Å². The maximum absolute atomic E-state index is 12.0. The van der Waals surface area contributed by atoms with Gasteiger partial charge in [0.1, 0.15) is 18.1 Å². The van der Waals surface area contributed by atoms with Crippen LogP contribution >= 0.6 is 11.6 Å². The molecule has 1 N–H and O–H groups in total. The normalized spacial score (nSPS) is 12.1. The third-order valence-corrected chi connectivity index (χ3v) is 2.65. The molecule has 2 rings (SSSR count). The van der Waals surface area contributed by atoms with E-state index in [1.165, 1.54) is 6.33 Å². The number of aromatic amines is 1. The molecule has 6 heteroatoms. The van der Waals surface area contributed by atoms with E-state index in [-0.39, 0.29) is 5.97 Å². The number of benzene rings is 1. The van der Waals surface area contributed by atoms with Gasteiger partial charge in [0.05, 0.1) is 6.61 Å². The highest BCUT2D eigenvalue weighted by Crippen LogP contribution is 2.25. The molecule has 0 bridgehead atoms. The van der Waals surface area contributed by atoms with Gasteiger partial charge in [0.25, 0.3) is 0 Å². The first-order chi connectivity index (χ1) is 8.72. The fraction of sp³-hybridized carbons (Fsp3) is 0.250. The van der Waals surface area contributed by atoms with Gasteiger partial charge in [0, 0.05) is 5.02 Å². The van der Waals surface area contributed by atoms with E-state index in [1.807, 2.05) is 0 Å². The van der Waals surface area contributed by atoms with Crippen LogP contribution in [-0.4, -0.2) is 27.8 Å². The van der Waals surface area contributed by atoms with Gasteiger partial charge in [-0.1, -0.05) is 23.7 Å². The van der Waals surface area contributed by atoms with E-state index in [1.54, 1.807) is 31.2 Å². The highest BCUT2D eigenvalue weighted by molar-refractivity contribution is 6.30. The Labute approximate surface area is 109 Å². The first-order valence-electron chi connectivity index (χ1n) is 5.49. The summed E-state index contributed by atoms with van der Waals surface area (Å²) >= 11 is 5.93. The van der Waals surface area contributed by atoms with Crippen LogP contribution in [0.5, 0.6) is 0 Å². The second-order valence-electron chi connectivity index (χ2n) is 3.61. The van der Waals surface area contributed by atoms with Crippen molar-refractivity contribution in [3.8, 4) is 0 Å². The Bertz CT molecular complexity index is 528. The predicted molar refractivity (Wildman–Crippen MR) is 66.3 cm³/mol. The summed E-state index contributed by atoms with van der Waals surface area (Å²) in [5.74, 6) is -0.571. The molecule has 0 aliphatic heterocycles. The summed E-state index contributed by atoms with van der Waals surface area (Å²) in [6.45, 7) is 2.07.